The van der Waals surface area contributed by atoms with Gasteiger partial charge in [0.2, 0.25) is 5.91 Å². The zero-order valence-electron chi connectivity index (χ0n) is 18.1. The van der Waals surface area contributed by atoms with Crippen LogP contribution < -0.4 is 5.32 Å². The second-order valence-corrected chi connectivity index (χ2v) is 8.95. The van der Waals surface area contributed by atoms with Gasteiger partial charge in [-0.1, -0.05) is 30.3 Å². The smallest absolute Gasteiger partial charge is 0.237 e. The molecule has 2 aliphatic rings. The first-order valence-electron chi connectivity index (χ1n) is 10.7. The van der Waals surface area contributed by atoms with Crippen LogP contribution in [0.3, 0.4) is 0 Å². The Labute approximate surface area is 173 Å². The standard InChI is InChI=1S/C23H33N5O/c1-5-28-18(3)20(17(2)25-28)12-24-22(29)21-11-23(14-26(21)4)15-27(16-23)13-19-9-7-6-8-10-19/h6-10,21H,5,11-16H2,1-4H3,(H,24,29). The van der Waals surface area contributed by atoms with Crippen LogP contribution in [0.15, 0.2) is 30.3 Å². The largest absolute Gasteiger partial charge is 0.351 e. The molecule has 0 radical (unpaired) electrons. The lowest BCUT2D eigenvalue weighted by molar-refractivity contribution is -0.125. The van der Waals surface area contributed by atoms with Crippen LogP contribution in [-0.4, -0.2) is 58.2 Å². The zero-order valence-corrected chi connectivity index (χ0v) is 18.1. The molecule has 2 aromatic rings. The summed E-state index contributed by atoms with van der Waals surface area (Å²) in [6.45, 7) is 11.8. The topological polar surface area (TPSA) is 53.4 Å². The van der Waals surface area contributed by atoms with Crippen molar-refractivity contribution in [2.24, 2.45) is 5.41 Å². The number of carbonyl (C=O) groups is 1. The molecule has 1 aromatic heterocycles. The summed E-state index contributed by atoms with van der Waals surface area (Å²) in [5.74, 6) is 0.147. The van der Waals surface area contributed by atoms with Crippen molar-refractivity contribution in [3.63, 3.8) is 0 Å². The van der Waals surface area contributed by atoms with E-state index in [1.807, 2.05) is 11.6 Å². The van der Waals surface area contributed by atoms with Crippen molar-refractivity contribution in [3.05, 3.63) is 52.8 Å². The fourth-order valence-electron chi connectivity index (χ4n) is 5.24. The van der Waals surface area contributed by atoms with E-state index in [2.05, 4.69) is 71.4 Å². The van der Waals surface area contributed by atoms with Gasteiger partial charge < -0.3 is 5.32 Å². The molecule has 1 N–H and O–H groups in total. The number of nitrogens with zero attached hydrogens (tertiary/aromatic N) is 4. The van der Waals surface area contributed by atoms with Crippen molar-refractivity contribution < 1.29 is 4.79 Å². The van der Waals surface area contributed by atoms with E-state index >= 15 is 0 Å². The quantitative estimate of drug-likeness (QED) is 0.816. The Morgan fingerprint density at radius 1 is 1.21 bits per heavy atom. The van der Waals surface area contributed by atoms with Crippen LogP contribution in [0.2, 0.25) is 0 Å². The molecule has 156 valence electrons. The minimum atomic E-state index is -0.0318. The first kappa shape index (κ1) is 20.1. The van der Waals surface area contributed by atoms with Crippen molar-refractivity contribution in [1.29, 1.82) is 0 Å². The number of rotatable bonds is 6. The second-order valence-electron chi connectivity index (χ2n) is 8.95. The van der Waals surface area contributed by atoms with Gasteiger partial charge in [0.25, 0.3) is 0 Å². The number of likely N-dealkylation sites (N-methyl/N-ethyl adjacent to an activating group) is 1. The Hall–Kier alpha value is -2.18. The normalized spacial score (nSPS) is 21.4. The molecule has 1 unspecified atom stereocenters. The summed E-state index contributed by atoms with van der Waals surface area (Å²) < 4.78 is 2.00. The van der Waals surface area contributed by atoms with Gasteiger partial charge in [-0.3, -0.25) is 19.3 Å². The minimum absolute atomic E-state index is 0.0318. The van der Waals surface area contributed by atoms with Crippen LogP contribution in [0.1, 0.15) is 35.9 Å². The van der Waals surface area contributed by atoms with Crippen LogP contribution in [-0.2, 0) is 24.4 Å². The number of aryl methyl sites for hydroxylation is 2. The van der Waals surface area contributed by atoms with Gasteiger partial charge in [0.05, 0.1) is 11.7 Å². The molecule has 4 rings (SSSR count). The van der Waals surface area contributed by atoms with Gasteiger partial charge in [0.1, 0.15) is 0 Å². The van der Waals surface area contributed by atoms with Gasteiger partial charge in [0, 0.05) is 55.9 Å². The number of aromatic nitrogens is 2. The maximum absolute atomic E-state index is 12.9. The molecule has 0 aliphatic carbocycles. The first-order chi connectivity index (χ1) is 13.9. The molecule has 0 bridgehead atoms. The lowest BCUT2D eigenvalue weighted by Gasteiger charge is -2.48. The number of carbonyl (C=O) groups excluding carboxylic acids is 1. The number of amides is 1. The Kier molecular flexibility index (Phi) is 5.49. The lowest BCUT2D eigenvalue weighted by Crippen LogP contribution is -2.56. The highest BCUT2D eigenvalue weighted by Gasteiger charge is 2.51. The average molecular weight is 396 g/mol. The molecule has 6 nitrogen and oxygen atoms in total. The number of hydrogen-bond acceptors (Lipinski definition) is 4. The van der Waals surface area contributed by atoms with Gasteiger partial charge in [-0.2, -0.15) is 5.10 Å². The number of benzene rings is 1. The highest BCUT2D eigenvalue weighted by molar-refractivity contribution is 5.82. The monoisotopic (exact) mass is 395 g/mol. The molecular weight excluding hydrogens is 362 g/mol. The van der Waals surface area contributed by atoms with E-state index in [0.717, 1.165) is 56.1 Å². The molecule has 2 fully saturated rings. The van der Waals surface area contributed by atoms with Gasteiger partial charge >= 0.3 is 0 Å². The number of hydrogen-bond donors (Lipinski definition) is 1. The van der Waals surface area contributed by atoms with Crippen molar-refractivity contribution in [2.45, 2.75) is 52.9 Å². The maximum Gasteiger partial charge on any atom is 0.237 e. The molecule has 6 heteroatoms. The molecule has 2 saturated heterocycles. The molecular formula is C23H33N5O. The Morgan fingerprint density at radius 2 is 1.93 bits per heavy atom. The summed E-state index contributed by atoms with van der Waals surface area (Å²) in [5.41, 5.74) is 4.94. The summed E-state index contributed by atoms with van der Waals surface area (Å²) >= 11 is 0. The highest BCUT2D eigenvalue weighted by atomic mass is 16.2. The molecule has 3 heterocycles. The number of likely N-dealkylation sites (tertiary alicyclic amines) is 2. The molecule has 1 spiro atoms. The third-order valence-electron chi connectivity index (χ3n) is 6.68. The van der Waals surface area contributed by atoms with Crippen molar-refractivity contribution in [1.82, 2.24) is 24.9 Å². The summed E-state index contributed by atoms with van der Waals surface area (Å²) in [7, 11) is 2.09. The van der Waals surface area contributed by atoms with E-state index in [9.17, 15) is 4.79 Å². The molecule has 1 amide bonds. The summed E-state index contributed by atoms with van der Waals surface area (Å²) in [5, 5.41) is 7.74. The predicted molar refractivity (Wildman–Crippen MR) is 114 cm³/mol. The van der Waals surface area contributed by atoms with Crippen molar-refractivity contribution >= 4 is 5.91 Å². The zero-order chi connectivity index (χ0) is 20.6. The highest BCUT2D eigenvalue weighted by Crippen LogP contribution is 2.42. The molecule has 29 heavy (non-hydrogen) atoms. The lowest BCUT2D eigenvalue weighted by atomic mass is 9.77. The third-order valence-corrected chi connectivity index (χ3v) is 6.68. The van der Waals surface area contributed by atoms with Crippen LogP contribution >= 0.6 is 0 Å². The van der Waals surface area contributed by atoms with E-state index in [1.54, 1.807) is 0 Å². The molecule has 1 aromatic carbocycles. The fourth-order valence-corrected chi connectivity index (χ4v) is 5.24. The van der Waals surface area contributed by atoms with Crippen LogP contribution in [0.5, 0.6) is 0 Å². The molecule has 2 aliphatic heterocycles. The van der Waals surface area contributed by atoms with Crippen molar-refractivity contribution in [3.8, 4) is 0 Å². The van der Waals surface area contributed by atoms with Gasteiger partial charge in [-0.05, 0) is 39.8 Å². The summed E-state index contributed by atoms with van der Waals surface area (Å²) in [6, 6.07) is 10.6. The summed E-state index contributed by atoms with van der Waals surface area (Å²) in [6.07, 6.45) is 0.951. The van der Waals surface area contributed by atoms with Gasteiger partial charge in [-0.15, -0.1) is 0 Å². The van der Waals surface area contributed by atoms with E-state index in [4.69, 9.17) is 0 Å². The summed E-state index contributed by atoms with van der Waals surface area (Å²) in [4.78, 5) is 17.7. The van der Waals surface area contributed by atoms with E-state index in [0.29, 0.717) is 6.54 Å². The fraction of sp³-hybridized carbons (Fsp3) is 0.565. The Balaban J connectivity index is 1.31. The van der Waals surface area contributed by atoms with Crippen LogP contribution in [0, 0.1) is 19.3 Å². The van der Waals surface area contributed by atoms with E-state index < -0.39 is 0 Å². The third kappa shape index (κ3) is 3.96. The van der Waals surface area contributed by atoms with Crippen LogP contribution in [0.25, 0.3) is 0 Å². The number of nitrogens with one attached hydrogen (secondary N) is 1. The first-order valence-corrected chi connectivity index (χ1v) is 10.7. The molecule has 1 atom stereocenters. The minimum Gasteiger partial charge on any atom is -0.351 e. The SMILES string of the molecule is CCn1nc(C)c(CNC(=O)C2CC3(CN(Cc4ccccc4)C3)CN2C)c1C. The van der Waals surface area contributed by atoms with E-state index in [1.165, 1.54) is 5.56 Å². The predicted octanol–water partition coefficient (Wildman–Crippen LogP) is 2.34. The van der Waals surface area contributed by atoms with Crippen LogP contribution in [0.4, 0.5) is 0 Å². The Morgan fingerprint density at radius 3 is 2.59 bits per heavy atom. The van der Waals surface area contributed by atoms with Crippen molar-refractivity contribution in [2.75, 3.05) is 26.7 Å². The Bertz CT molecular complexity index is 869. The average Bonchev–Trinajstić information content (AvgIpc) is 3.17. The molecule has 0 saturated carbocycles. The van der Waals surface area contributed by atoms with E-state index in [-0.39, 0.29) is 17.4 Å². The maximum atomic E-state index is 12.9. The second kappa shape index (κ2) is 7.92. The van der Waals surface area contributed by atoms with Gasteiger partial charge in [0.15, 0.2) is 0 Å². The van der Waals surface area contributed by atoms with Gasteiger partial charge in [-0.25, -0.2) is 0 Å².